The molecule has 0 aromatic carbocycles. The number of nitrogens with zero attached hydrogens (tertiary/aromatic N) is 1. The molecule has 118 valence electrons. The molecule has 2 unspecified atom stereocenters. The third kappa shape index (κ3) is 4.45. The molecule has 0 heterocycles. The zero-order chi connectivity index (χ0) is 15.5. The fraction of sp³-hybridized carbons (Fsp3) is 0.938. The third-order valence-corrected chi connectivity index (χ3v) is 4.27. The van der Waals surface area contributed by atoms with E-state index in [4.69, 9.17) is 0 Å². The maximum Gasteiger partial charge on any atom is 0.325 e. The van der Waals surface area contributed by atoms with Gasteiger partial charge in [0, 0.05) is 18.6 Å². The highest BCUT2D eigenvalue weighted by atomic mass is 16.4. The molecular formula is C16H32N2O2. The smallest absolute Gasteiger partial charge is 0.325 e. The Bertz CT molecular complexity index is 326. The van der Waals surface area contributed by atoms with Crippen molar-refractivity contribution in [2.24, 2.45) is 11.8 Å². The van der Waals surface area contributed by atoms with Crippen LogP contribution in [0.15, 0.2) is 0 Å². The molecule has 0 radical (unpaired) electrons. The Morgan fingerprint density at radius 2 is 1.85 bits per heavy atom. The fourth-order valence-corrected chi connectivity index (χ4v) is 3.10. The second kappa shape index (κ2) is 6.90. The van der Waals surface area contributed by atoms with E-state index in [-0.39, 0.29) is 12.0 Å². The number of carbonyl (C=O) groups is 1. The lowest BCUT2D eigenvalue weighted by atomic mass is 9.90. The number of hydrogen-bond acceptors (Lipinski definition) is 3. The van der Waals surface area contributed by atoms with Gasteiger partial charge in [-0.25, -0.2) is 0 Å². The van der Waals surface area contributed by atoms with Crippen molar-refractivity contribution in [3.8, 4) is 0 Å². The molecule has 0 aromatic heterocycles. The van der Waals surface area contributed by atoms with Crippen LogP contribution in [0.5, 0.6) is 0 Å². The zero-order valence-corrected chi connectivity index (χ0v) is 13.9. The number of likely N-dealkylation sites (N-methyl/N-ethyl adjacent to an activating group) is 1. The molecule has 0 saturated heterocycles. The van der Waals surface area contributed by atoms with Gasteiger partial charge in [-0.05, 0) is 58.9 Å². The van der Waals surface area contributed by atoms with Crippen LogP contribution in [-0.4, -0.2) is 47.2 Å². The van der Waals surface area contributed by atoms with Gasteiger partial charge < -0.3 is 10.0 Å². The number of hydrogen-bond donors (Lipinski definition) is 2. The van der Waals surface area contributed by atoms with Gasteiger partial charge in [0.05, 0.1) is 0 Å². The van der Waals surface area contributed by atoms with Gasteiger partial charge in [-0.2, -0.15) is 0 Å². The molecule has 2 atom stereocenters. The van der Waals surface area contributed by atoms with E-state index in [9.17, 15) is 9.90 Å². The average Bonchev–Trinajstić information content (AvgIpc) is 3.09. The van der Waals surface area contributed by atoms with E-state index in [1.165, 1.54) is 0 Å². The van der Waals surface area contributed by atoms with Gasteiger partial charge in [0.2, 0.25) is 0 Å². The van der Waals surface area contributed by atoms with Crippen molar-refractivity contribution in [1.82, 2.24) is 10.2 Å². The maximum absolute atomic E-state index is 11.9. The summed E-state index contributed by atoms with van der Waals surface area (Å²) in [6, 6.07) is 0.585. The molecule has 1 aliphatic carbocycles. The first-order valence-electron chi connectivity index (χ1n) is 7.90. The highest BCUT2D eigenvalue weighted by Gasteiger charge is 2.52. The van der Waals surface area contributed by atoms with Gasteiger partial charge in [-0.1, -0.05) is 13.8 Å². The molecule has 4 heteroatoms. The first-order valence-corrected chi connectivity index (χ1v) is 7.90. The normalized spacial score (nSPS) is 20.4. The predicted molar refractivity (Wildman–Crippen MR) is 82.9 cm³/mol. The third-order valence-electron chi connectivity index (χ3n) is 4.27. The van der Waals surface area contributed by atoms with Crippen molar-refractivity contribution in [2.45, 2.75) is 71.5 Å². The van der Waals surface area contributed by atoms with Crippen LogP contribution < -0.4 is 5.32 Å². The summed E-state index contributed by atoms with van der Waals surface area (Å²) in [6.07, 6.45) is 3.15. The summed E-state index contributed by atoms with van der Waals surface area (Å²) in [5, 5.41) is 13.2. The lowest BCUT2D eigenvalue weighted by molar-refractivity contribution is -0.147. The maximum atomic E-state index is 11.9. The van der Waals surface area contributed by atoms with Crippen LogP contribution in [0.4, 0.5) is 0 Å². The molecule has 4 nitrogen and oxygen atoms in total. The molecule has 0 aliphatic heterocycles. The van der Waals surface area contributed by atoms with E-state index in [1.807, 2.05) is 13.8 Å². The van der Waals surface area contributed by atoms with Crippen molar-refractivity contribution in [3.63, 3.8) is 0 Å². The van der Waals surface area contributed by atoms with Gasteiger partial charge in [0.15, 0.2) is 0 Å². The minimum atomic E-state index is -0.784. The Morgan fingerprint density at radius 1 is 1.30 bits per heavy atom. The van der Waals surface area contributed by atoms with E-state index in [0.29, 0.717) is 18.5 Å². The zero-order valence-electron chi connectivity index (χ0n) is 13.9. The summed E-state index contributed by atoms with van der Waals surface area (Å²) in [5.74, 6) is 0.207. The number of nitrogens with one attached hydrogen (secondary N) is 1. The number of carboxylic acids is 1. The Balaban J connectivity index is 2.80. The lowest BCUT2D eigenvalue weighted by Crippen LogP contribution is -2.63. The molecule has 20 heavy (non-hydrogen) atoms. The topological polar surface area (TPSA) is 52.6 Å². The molecule has 1 saturated carbocycles. The molecule has 0 aromatic rings. The predicted octanol–water partition coefficient (Wildman–Crippen LogP) is 2.58. The minimum Gasteiger partial charge on any atom is -0.480 e. The van der Waals surface area contributed by atoms with Gasteiger partial charge in [-0.3, -0.25) is 10.1 Å². The highest BCUT2D eigenvalue weighted by molar-refractivity contribution is 5.80. The fourth-order valence-electron chi connectivity index (χ4n) is 3.10. The van der Waals surface area contributed by atoms with Gasteiger partial charge in [-0.15, -0.1) is 0 Å². The first-order chi connectivity index (χ1) is 9.19. The monoisotopic (exact) mass is 284 g/mol. The summed E-state index contributed by atoms with van der Waals surface area (Å²) in [5.41, 5.74) is -0.784. The standard InChI is InChI=1S/C16H32N2O2/c1-11(2)9-13(5)18(6)10-16(15(19)20,14-7-8-14)17-12(3)4/h11-14,17H,7-10H2,1-6H3,(H,19,20). The highest BCUT2D eigenvalue weighted by Crippen LogP contribution is 2.41. The van der Waals surface area contributed by atoms with Crippen molar-refractivity contribution in [2.75, 3.05) is 13.6 Å². The van der Waals surface area contributed by atoms with Crippen LogP contribution in [0.2, 0.25) is 0 Å². The Labute approximate surface area is 123 Å². The molecule has 1 rings (SSSR count). The average molecular weight is 284 g/mol. The molecular weight excluding hydrogens is 252 g/mol. The largest absolute Gasteiger partial charge is 0.480 e. The summed E-state index contributed by atoms with van der Waals surface area (Å²) in [6.45, 7) is 11.2. The lowest BCUT2D eigenvalue weighted by Gasteiger charge is -2.38. The summed E-state index contributed by atoms with van der Waals surface area (Å²) >= 11 is 0. The van der Waals surface area contributed by atoms with Crippen LogP contribution in [-0.2, 0) is 4.79 Å². The van der Waals surface area contributed by atoms with Crippen LogP contribution >= 0.6 is 0 Å². The van der Waals surface area contributed by atoms with E-state index >= 15 is 0 Å². The second-order valence-corrected chi connectivity index (χ2v) is 7.24. The minimum absolute atomic E-state index is 0.181. The molecule has 0 spiro atoms. The Morgan fingerprint density at radius 3 is 2.20 bits per heavy atom. The van der Waals surface area contributed by atoms with Crippen LogP contribution in [0.3, 0.4) is 0 Å². The molecule has 1 aliphatic rings. The molecule has 0 amide bonds. The number of aliphatic carboxylic acids is 1. The summed E-state index contributed by atoms with van der Waals surface area (Å²) in [4.78, 5) is 14.1. The van der Waals surface area contributed by atoms with Crippen molar-refractivity contribution in [1.29, 1.82) is 0 Å². The first kappa shape index (κ1) is 17.4. The van der Waals surface area contributed by atoms with Crippen molar-refractivity contribution in [3.05, 3.63) is 0 Å². The van der Waals surface area contributed by atoms with Crippen molar-refractivity contribution >= 4 is 5.97 Å². The van der Waals surface area contributed by atoms with Gasteiger partial charge >= 0.3 is 5.97 Å². The van der Waals surface area contributed by atoms with E-state index in [2.05, 4.69) is 38.0 Å². The van der Waals surface area contributed by atoms with E-state index in [1.54, 1.807) is 0 Å². The summed E-state index contributed by atoms with van der Waals surface area (Å²) in [7, 11) is 2.05. The summed E-state index contributed by atoms with van der Waals surface area (Å²) < 4.78 is 0. The number of rotatable bonds is 9. The number of carboxylic acid groups (broad SMARTS) is 1. The molecule has 2 N–H and O–H groups in total. The van der Waals surface area contributed by atoms with E-state index < -0.39 is 11.5 Å². The van der Waals surface area contributed by atoms with Crippen molar-refractivity contribution < 1.29 is 9.90 Å². The Hall–Kier alpha value is -0.610. The molecule has 0 bridgehead atoms. The SMILES string of the molecule is CC(C)CC(C)N(C)CC(NC(C)C)(C(=O)O)C1CC1. The van der Waals surface area contributed by atoms with E-state index in [0.717, 1.165) is 19.3 Å². The second-order valence-electron chi connectivity index (χ2n) is 7.24. The van der Waals surface area contributed by atoms with Gasteiger partial charge in [0.1, 0.15) is 5.54 Å². The van der Waals surface area contributed by atoms with Crippen LogP contribution in [0.1, 0.15) is 53.9 Å². The van der Waals surface area contributed by atoms with Gasteiger partial charge in [0.25, 0.3) is 0 Å². The Kier molecular flexibility index (Phi) is 6.02. The van der Waals surface area contributed by atoms with Crippen LogP contribution in [0.25, 0.3) is 0 Å². The molecule has 1 fully saturated rings. The van der Waals surface area contributed by atoms with Crippen LogP contribution in [0, 0.1) is 11.8 Å². The quantitative estimate of drug-likeness (QED) is 0.683.